The lowest BCUT2D eigenvalue weighted by Crippen LogP contribution is -2.49. The van der Waals surface area contributed by atoms with E-state index in [9.17, 15) is 8.42 Å². The van der Waals surface area contributed by atoms with Crippen molar-refractivity contribution in [1.29, 1.82) is 0 Å². The summed E-state index contributed by atoms with van der Waals surface area (Å²) in [5, 5.41) is 0.734. The molecule has 1 aliphatic rings. The molecule has 3 rings (SSSR count). The van der Waals surface area contributed by atoms with E-state index in [-0.39, 0.29) is 0 Å². The topological polar surface area (TPSA) is 40.6 Å². The van der Waals surface area contributed by atoms with Crippen LogP contribution in [0, 0.1) is 20.8 Å². The standard InChI is InChI=1S/C19H22BrClN2O2S/c1-13-11-14(2)19(12-16(13)20)26(24,25)23-9-7-22(8-10-23)18-6-4-5-17(21)15(18)3/h4-6,11-12H,7-10H2,1-3H3. The van der Waals surface area contributed by atoms with Gasteiger partial charge in [-0.05, 0) is 55.7 Å². The van der Waals surface area contributed by atoms with Crippen molar-refractivity contribution in [1.82, 2.24) is 4.31 Å². The second-order valence-electron chi connectivity index (χ2n) is 6.64. The summed E-state index contributed by atoms with van der Waals surface area (Å²) < 4.78 is 28.6. The first kappa shape index (κ1) is 19.7. The average molecular weight is 458 g/mol. The van der Waals surface area contributed by atoms with Crippen molar-refractivity contribution >= 4 is 43.2 Å². The van der Waals surface area contributed by atoms with Crippen LogP contribution in [0.15, 0.2) is 39.7 Å². The van der Waals surface area contributed by atoms with Gasteiger partial charge in [0.15, 0.2) is 0 Å². The highest BCUT2D eigenvalue weighted by Gasteiger charge is 2.30. The van der Waals surface area contributed by atoms with Crippen molar-refractivity contribution in [2.24, 2.45) is 0 Å². The highest BCUT2D eigenvalue weighted by atomic mass is 79.9. The predicted molar refractivity (Wildman–Crippen MR) is 111 cm³/mol. The summed E-state index contributed by atoms with van der Waals surface area (Å²) >= 11 is 9.67. The second-order valence-corrected chi connectivity index (χ2v) is 9.81. The monoisotopic (exact) mass is 456 g/mol. The van der Waals surface area contributed by atoms with Crippen molar-refractivity contribution < 1.29 is 8.42 Å². The molecule has 140 valence electrons. The van der Waals surface area contributed by atoms with Crippen molar-refractivity contribution in [3.05, 3.63) is 56.5 Å². The summed E-state index contributed by atoms with van der Waals surface area (Å²) in [6, 6.07) is 9.46. The first-order chi connectivity index (χ1) is 12.2. The normalized spacial score (nSPS) is 16.1. The minimum atomic E-state index is -3.51. The molecule has 0 radical (unpaired) electrons. The third kappa shape index (κ3) is 3.65. The zero-order valence-corrected chi connectivity index (χ0v) is 18.2. The van der Waals surface area contributed by atoms with Crippen molar-refractivity contribution in [3.8, 4) is 0 Å². The van der Waals surface area contributed by atoms with E-state index in [1.54, 1.807) is 10.4 Å². The molecule has 2 aromatic rings. The zero-order chi connectivity index (χ0) is 19.1. The summed E-state index contributed by atoms with van der Waals surface area (Å²) in [6.45, 7) is 8.00. The van der Waals surface area contributed by atoms with Crippen molar-refractivity contribution in [2.45, 2.75) is 25.7 Å². The maximum atomic E-state index is 13.1. The third-order valence-electron chi connectivity index (χ3n) is 4.89. The quantitative estimate of drug-likeness (QED) is 0.679. The van der Waals surface area contributed by atoms with Crippen LogP contribution in [0.3, 0.4) is 0 Å². The Morgan fingerprint density at radius 3 is 2.31 bits per heavy atom. The SMILES string of the molecule is Cc1cc(C)c(S(=O)(=O)N2CCN(c3cccc(Cl)c3C)CC2)cc1Br. The van der Waals surface area contributed by atoms with E-state index in [0.717, 1.165) is 31.9 Å². The molecule has 0 N–H and O–H groups in total. The number of halogens is 2. The highest BCUT2D eigenvalue weighted by Crippen LogP contribution is 2.30. The maximum absolute atomic E-state index is 13.1. The van der Waals surface area contributed by atoms with Gasteiger partial charge in [0.1, 0.15) is 0 Å². The number of hydrogen-bond acceptors (Lipinski definition) is 3. The van der Waals surface area contributed by atoms with E-state index in [2.05, 4.69) is 20.8 Å². The number of piperazine rings is 1. The summed E-state index contributed by atoms with van der Waals surface area (Å²) in [6.07, 6.45) is 0. The molecule has 0 spiro atoms. The van der Waals surface area contributed by atoms with Gasteiger partial charge in [-0.2, -0.15) is 4.31 Å². The molecular weight excluding hydrogens is 436 g/mol. The van der Waals surface area contributed by atoms with Gasteiger partial charge >= 0.3 is 0 Å². The fraction of sp³-hybridized carbons (Fsp3) is 0.368. The average Bonchev–Trinajstić information content (AvgIpc) is 2.60. The minimum Gasteiger partial charge on any atom is -0.369 e. The smallest absolute Gasteiger partial charge is 0.243 e. The molecule has 0 saturated carbocycles. The molecule has 1 fully saturated rings. The van der Waals surface area contributed by atoms with E-state index in [1.807, 2.05) is 45.0 Å². The molecule has 0 unspecified atom stereocenters. The number of benzene rings is 2. The van der Waals surface area contributed by atoms with E-state index < -0.39 is 10.0 Å². The maximum Gasteiger partial charge on any atom is 0.243 e. The fourth-order valence-electron chi connectivity index (χ4n) is 3.33. The van der Waals surface area contributed by atoms with E-state index in [4.69, 9.17) is 11.6 Å². The van der Waals surface area contributed by atoms with Gasteiger partial charge in [-0.15, -0.1) is 0 Å². The van der Waals surface area contributed by atoms with Gasteiger partial charge in [0.2, 0.25) is 10.0 Å². The lowest BCUT2D eigenvalue weighted by Gasteiger charge is -2.36. The Morgan fingerprint density at radius 1 is 1.00 bits per heavy atom. The van der Waals surface area contributed by atoms with Gasteiger partial charge in [-0.25, -0.2) is 8.42 Å². The number of nitrogens with zero attached hydrogens (tertiary/aromatic N) is 2. The number of rotatable bonds is 3. The molecule has 0 aliphatic carbocycles. The fourth-order valence-corrected chi connectivity index (χ4v) is 5.65. The van der Waals surface area contributed by atoms with Crippen molar-refractivity contribution in [2.75, 3.05) is 31.1 Å². The van der Waals surface area contributed by atoms with Crippen LogP contribution in [0.5, 0.6) is 0 Å². The summed E-state index contributed by atoms with van der Waals surface area (Å²) in [5.41, 5.74) is 3.91. The van der Waals surface area contributed by atoms with Gasteiger partial charge < -0.3 is 4.90 Å². The molecule has 2 aromatic carbocycles. The molecule has 0 aromatic heterocycles. The van der Waals surface area contributed by atoms with Crippen LogP contribution in [-0.2, 0) is 10.0 Å². The van der Waals surface area contributed by atoms with E-state index in [1.165, 1.54) is 0 Å². The van der Waals surface area contributed by atoms with Crippen LogP contribution in [0.2, 0.25) is 5.02 Å². The third-order valence-corrected chi connectivity index (χ3v) is 8.20. The molecule has 26 heavy (non-hydrogen) atoms. The molecule has 0 amide bonds. The molecule has 0 atom stereocenters. The number of aryl methyl sites for hydroxylation is 2. The van der Waals surface area contributed by atoms with Gasteiger partial charge in [0.05, 0.1) is 4.90 Å². The van der Waals surface area contributed by atoms with Crippen LogP contribution >= 0.6 is 27.5 Å². The summed E-state index contributed by atoms with van der Waals surface area (Å²) in [5.74, 6) is 0. The molecule has 1 aliphatic heterocycles. The summed E-state index contributed by atoms with van der Waals surface area (Å²) in [7, 11) is -3.51. The van der Waals surface area contributed by atoms with Gasteiger partial charge in [0, 0.05) is 41.4 Å². The Hall–Kier alpha value is -1.08. The molecule has 1 heterocycles. The Morgan fingerprint density at radius 2 is 1.65 bits per heavy atom. The van der Waals surface area contributed by atoms with Gasteiger partial charge in [0.25, 0.3) is 0 Å². The highest BCUT2D eigenvalue weighted by molar-refractivity contribution is 9.10. The largest absolute Gasteiger partial charge is 0.369 e. The molecule has 7 heteroatoms. The number of hydrogen-bond donors (Lipinski definition) is 0. The lowest BCUT2D eigenvalue weighted by atomic mass is 10.1. The van der Waals surface area contributed by atoms with Crippen LogP contribution in [-0.4, -0.2) is 38.9 Å². The van der Waals surface area contributed by atoms with E-state index in [0.29, 0.717) is 31.1 Å². The van der Waals surface area contributed by atoms with E-state index >= 15 is 0 Å². The number of anilines is 1. The second kappa shape index (κ2) is 7.50. The Labute approximate surface area is 168 Å². The predicted octanol–water partition coefficient (Wildman–Crippen LogP) is 4.54. The van der Waals surface area contributed by atoms with Crippen LogP contribution in [0.25, 0.3) is 0 Å². The summed E-state index contributed by atoms with van der Waals surface area (Å²) in [4.78, 5) is 2.58. The molecule has 4 nitrogen and oxygen atoms in total. The first-order valence-corrected chi connectivity index (χ1v) is 11.1. The molecule has 1 saturated heterocycles. The zero-order valence-electron chi connectivity index (χ0n) is 15.1. The van der Waals surface area contributed by atoms with Gasteiger partial charge in [-0.3, -0.25) is 0 Å². The Bertz CT molecular complexity index is 939. The Kier molecular flexibility index (Phi) is 5.68. The number of sulfonamides is 1. The van der Waals surface area contributed by atoms with Gasteiger partial charge in [-0.1, -0.05) is 39.7 Å². The van der Waals surface area contributed by atoms with Crippen LogP contribution in [0.1, 0.15) is 16.7 Å². The van der Waals surface area contributed by atoms with Crippen LogP contribution < -0.4 is 4.90 Å². The minimum absolute atomic E-state index is 0.377. The van der Waals surface area contributed by atoms with Crippen LogP contribution in [0.4, 0.5) is 5.69 Å². The first-order valence-electron chi connectivity index (χ1n) is 8.49. The molecule has 0 bridgehead atoms. The lowest BCUT2D eigenvalue weighted by molar-refractivity contribution is 0.384. The Balaban J connectivity index is 1.81. The molecular formula is C19H22BrClN2O2S. The van der Waals surface area contributed by atoms with Crippen molar-refractivity contribution in [3.63, 3.8) is 0 Å².